The van der Waals surface area contributed by atoms with Crippen LogP contribution in [0.25, 0.3) is 6.08 Å². The van der Waals surface area contributed by atoms with Gasteiger partial charge in [-0.15, -0.1) is 0 Å². The van der Waals surface area contributed by atoms with Crippen molar-refractivity contribution < 1.29 is 9.90 Å². The van der Waals surface area contributed by atoms with Crippen LogP contribution in [0.5, 0.6) is 0 Å². The van der Waals surface area contributed by atoms with Gasteiger partial charge >= 0.3 is 5.97 Å². The third kappa shape index (κ3) is 5.58. The summed E-state index contributed by atoms with van der Waals surface area (Å²) in [5.74, 6) is 0.0249. The van der Waals surface area contributed by atoms with E-state index < -0.39 is 5.97 Å². The van der Waals surface area contributed by atoms with Gasteiger partial charge in [-0.3, -0.25) is 0 Å². The normalized spacial score (nSPS) is 11.6. The van der Waals surface area contributed by atoms with Gasteiger partial charge in [0.05, 0.1) is 18.4 Å². The van der Waals surface area contributed by atoms with Crippen LogP contribution in [0.15, 0.2) is 66.4 Å². The van der Waals surface area contributed by atoms with Crippen LogP contribution in [-0.2, 0) is 24.2 Å². The molecule has 5 heteroatoms. The van der Waals surface area contributed by atoms with E-state index in [1.165, 1.54) is 0 Å². The van der Waals surface area contributed by atoms with Gasteiger partial charge in [0.15, 0.2) is 0 Å². The summed E-state index contributed by atoms with van der Waals surface area (Å²) >= 11 is 6.37. The number of hydrogen-bond donors (Lipinski definition) is 1. The van der Waals surface area contributed by atoms with E-state index >= 15 is 0 Å². The Bertz CT molecular complexity index is 993. The molecule has 0 saturated carbocycles. The molecule has 0 fully saturated rings. The summed E-state index contributed by atoms with van der Waals surface area (Å²) in [6.07, 6.45) is 6.79. The monoisotopic (exact) mass is 408 g/mol. The van der Waals surface area contributed by atoms with Gasteiger partial charge in [0.25, 0.3) is 0 Å². The first-order valence-electron chi connectivity index (χ1n) is 9.84. The molecule has 1 N–H and O–H groups in total. The molecule has 150 valence electrons. The molecule has 0 spiro atoms. The summed E-state index contributed by atoms with van der Waals surface area (Å²) in [5.41, 5.74) is 3.06. The number of carboxylic acids is 1. The molecule has 0 aliphatic heterocycles. The van der Waals surface area contributed by atoms with Crippen LogP contribution in [0.1, 0.15) is 42.4 Å². The van der Waals surface area contributed by atoms with Crippen molar-refractivity contribution in [1.29, 1.82) is 0 Å². The van der Waals surface area contributed by atoms with E-state index in [0.717, 1.165) is 41.9 Å². The van der Waals surface area contributed by atoms with Gasteiger partial charge < -0.3 is 9.67 Å². The van der Waals surface area contributed by atoms with Gasteiger partial charge in [-0.25, -0.2) is 9.78 Å². The summed E-state index contributed by atoms with van der Waals surface area (Å²) in [7, 11) is 0. The fourth-order valence-electron chi connectivity index (χ4n) is 3.24. The number of rotatable bonds is 9. The zero-order chi connectivity index (χ0) is 20.6. The highest BCUT2D eigenvalue weighted by molar-refractivity contribution is 6.31. The van der Waals surface area contributed by atoms with Crippen LogP contribution in [0.4, 0.5) is 0 Å². The van der Waals surface area contributed by atoms with Crippen molar-refractivity contribution in [3.8, 4) is 0 Å². The number of benzene rings is 2. The van der Waals surface area contributed by atoms with Gasteiger partial charge in [0.2, 0.25) is 0 Å². The molecule has 4 nitrogen and oxygen atoms in total. The molecular formula is C24H25ClN2O2. The molecule has 0 aliphatic rings. The highest BCUT2D eigenvalue weighted by atomic mass is 35.5. The second-order valence-electron chi connectivity index (χ2n) is 7.02. The molecule has 2 aromatic carbocycles. The van der Waals surface area contributed by atoms with Crippen LogP contribution in [0, 0.1) is 0 Å². The molecule has 1 aromatic heterocycles. The molecule has 0 radical (unpaired) electrons. The maximum absolute atomic E-state index is 11.9. The van der Waals surface area contributed by atoms with E-state index in [4.69, 9.17) is 11.6 Å². The Morgan fingerprint density at radius 3 is 2.55 bits per heavy atom. The predicted octanol–water partition coefficient (Wildman–Crippen LogP) is 5.64. The fraction of sp³-hybridized carbons (Fsp3) is 0.250. The Labute approximate surface area is 176 Å². The first-order valence-corrected chi connectivity index (χ1v) is 10.2. The Morgan fingerprint density at radius 1 is 1.14 bits per heavy atom. The highest BCUT2D eigenvalue weighted by Crippen LogP contribution is 2.21. The lowest BCUT2D eigenvalue weighted by Gasteiger charge is -2.12. The Balaban J connectivity index is 1.98. The van der Waals surface area contributed by atoms with Crippen LogP contribution in [0.3, 0.4) is 0 Å². The van der Waals surface area contributed by atoms with E-state index in [0.29, 0.717) is 23.6 Å². The number of aliphatic carboxylic acids is 1. The van der Waals surface area contributed by atoms with E-state index in [-0.39, 0.29) is 0 Å². The van der Waals surface area contributed by atoms with Crippen molar-refractivity contribution in [2.75, 3.05) is 0 Å². The number of carboxylic acid groups (broad SMARTS) is 1. The average molecular weight is 409 g/mol. The second kappa shape index (κ2) is 10.1. The summed E-state index contributed by atoms with van der Waals surface area (Å²) in [4.78, 5) is 16.5. The van der Waals surface area contributed by atoms with Crippen molar-refractivity contribution in [3.05, 3.63) is 94.0 Å². The van der Waals surface area contributed by atoms with Crippen LogP contribution in [-0.4, -0.2) is 20.6 Å². The number of unbranched alkanes of at least 4 members (excludes halogenated alkanes) is 1. The van der Waals surface area contributed by atoms with Crippen LogP contribution < -0.4 is 0 Å². The average Bonchev–Trinajstić information content (AvgIpc) is 3.09. The molecule has 0 saturated heterocycles. The third-order valence-electron chi connectivity index (χ3n) is 4.84. The zero-order valence-corrected chi connectivity index (χ0v) is 17.3. The second-order valence-corrected chi connectivity index (χ2v) is 7.42. The summed E-state index contributed by atoms with van der Waals surface area (Å²) in [5, 5.41) is 10.4. The Morgan fingerprint density at radius 2 is 1.86 bits per heavy atom. The smallest absolute Gasteiger partial charge is 0.331 e. The number of halogens is 1. The lowest BCUT2D eigenvalue weighted by Crippen LogP contribution is -2.09. The molecular weight excluding hydrogens is 384 g/mol. The van der Waals surface area contributed by atoms with Crippen molar-refractivity contribution in [2.24, 2.45) is 0 Å². The minimum atomic E-state index is -0.922. The largest absolute Gasteiger partial charge is 0.478 e. The summed E-state index contributed by atoms with van der Waals surface area (Å²) in [6, 6.07) is 17.3. The fourth-order valence-corrected chi connectivity index (χ4v) is 3.44. The molecule has 1 heterocycles. The number of carbonyl (C=O) groups is 1. The topological polar surface area (TPSA) is 55.1 Å². The maximum atomic E-state index is 11.9. The first-order chi connectivity index (χ1) is 14.1. The SMILES string of the molecule is CCCCc1ncc(/C=C(/Cc2ccccc2)C(=O)O)n1Cc1ccccc1Cl. The molecule has 3 rings (SSSR count). The van der Waals surface area contributed by atoms with E-state index in [1.54, 1.807) is 12.3 Å². The van der Waals surface area contributed by atoms with Crippen molar-refractivity contribution in [2.45, 2.75) is 39.2 Å². The van der Waals surface area contributed by atoms with Gasteiger partial charge in [0, 0.05) is 23.4 Å². The quantitative estimate of drug-likeness (QED) is 0.466. The Hall–Kier alpha value is -2.85. The van der Waals surface area contributed by atoms with E-state index in [1.807, 2.05) is 54.6 Å². The van der Waals surface area contributed by atoms with Gasteiger partial charge in [-0.1, -0.05) is 73.5 Å². The summed E-state index contributed by atoms with van der Waals surface area (Å²) < 4.78 is 2.07. The van der Waals surface area contributed by atoms with Crippen LogP contribution in [0.2, 0.25) is 5.02 Å². The van der Waals surface area contributed by atoms with Gasteiger partial charge in [-0.2, -0.15) is 0 Å². The molecule has 3 aromatic rings. The maximum Gasteiger partial charge on any atom is 0.331 e. The van der Waals surface area contributed by atoms with Gasteiger partial charge in [-0.05, 0) is 29.7 Å². The molecule has 0 aliphatic carbocycles. The predicted molar refractivity (Wildman–Crippen MR) is 117 cm³/mol. The number of aryl methyl sites for hydroxylation is 1. The zero-order valence-electron chi connectivity index (χ0n) is 16.5. The van der Waals surface area contributed by atoms with Crippen molar-refractivity contribution in [1.82, 2.24) is 9.55 Å². The molecule has 0 amide bonds. The van der Waals surface area contributed by atoms with Crippen molar-refractivity contribution >= 4 is 23.6 Å². The molecule has 0 atom stereocenters. The number of aromatic nitrogens is 2. The van der Waals surface area contributed by atoms with Gasteiger partial charge in [0.1, 0.15) is 5.82 Å². The minimum Gasteiger partial charge on any atom is -0.478 e. The van der Waals surface area contributed by atoms with E-state index in [9.17, 15) is 9.90 Å². The van der Waals surface area contributed by atoms with E-state index in [2.05, 4.69) is 16.5 Å². The lowest BCUT2D eigenvalue weighted by molar-refractivity contribution is -0.132. The molecule has 29 heavy (non-hydrogen) atoms. The molecule has 0 unspecified atom stereocenters. The Kier molecular flexibility index (Phi) is 7.25. The number of hydrogen-bond acceptors (Lipinski definition) is 2. The van der Waals surface area contributed by atoms with Crippen LogP contribution >= 0.6 is 11.6 Å². The molecule has 0 bridgehead atoms. The lowest BCUT2D eigenvalue weighted by atomic mass is 10.0. The third-order valence-corrected chi connectivity index (χ3v) is 5.21. The number of nitrogens with zero attached hydrogens (tertiary/aromatic N) is 2. The van der Waals surface area contributed by atoms with Crippen molar-refractivity contribution in [3.63, 3.8) is 0 Å². The highest BCUT2D eigenvalue weighted by Gasteiger charge is 2.14. The first kappa shape index (κ1) is 20.9. The minimum absolute atomic E-state index is 0.332. The summed E-state index contributed by atoms with van der Waals surface area (Å²) in [6.45, 7) is 2.70. The standard InChI is InChI=1S/C24H25ClN2O2/c1-2-3-13-23-26-16-21(27(23)17-19-11-7-8-12-22(19)25)15-20(24(28)29)14-18-9-5-4-6-10-18/h4-12,15-16H,2-3,13-14,17H2,1H3,(H,28,29)/b20-15-. The number of imidazole rings is 1.